The molecule has 0 atom stereocenters. The summed E-state index contributed by atoms with van der Waals surface area (Å²) in [7, 11) is 0. The van der Waals surface area contributed by atoms with E-state index in [-0.39, 0.29) is 12.4 Å². The smallest absolute Gasteiger partial charge is 0.123 e. The van der Waals surface area contributed by atoms with Crippen LogP contribution < -0.4 is 0 Å². The second-order valence-corrected chi connectivity index (χ2v) is 3.18. The lowest BCUT2D eigenvalue weighted by Crippen LogP contribution is -1.91. The summed E-state index contributed by atoms with van der Waals surface area (Å²) in [6.07, 6.45) is 0. The zero-order valence-electron chi connectivity index (χ0n) is 8.02. The Balaban J connectivity index is 2.44. The first-order valence-corrected chi connectivity index (χ1v) is 4.62. The second-order valence-electron chi connectivity index (χ2n) is 3.18. The van der Waals surface area contributed by atoms with Gasteiger partial charge < -0.3 is 5.11 Å². The first-order valence-electron chi connectivity index (χ1n) is 4.62. The Morgan fingerprint density at radius 1 is 1.13 bits per heavy atom. The molecule has 1 heterocycles. The number of rotatable bonds is 2. The van der Waals surface area contributed by atoms with Crippen LogP contribution >= 0.6 is 0 Å². The van der Waals surface area contributed by atoms with Gasteiger partial charge in [-0.1, -0.05) is 18.2 Å². The highest BCUT2D eigenvalue weighted by atomic mass is 19.1. The van der Waals surface area contributed by atoms with Crippen molar-refractivity contribution in [2.45, 2.75) is 6.61 Å². The first kappa shape index (κ1) is 9.80. The average molecular weight is 203 g/mol. The molecule has 0 fully saturated rings. The van der Waals surface area contributed by atoms with E-state index in [0.717, 1.165) is 0 Å². The van der Waals surface area contributed by atoms with E-state index in [9.17, 15) is 4.39 Å². The van der Waals surface area contributed by atoms with Gasteiger partial charge in [0.2, 0.25) is 0 Å². The normalized spacial score (nSPS) is 10.3. The lowest BCUT2D eigenvalue weighted by atomic mass is 10.1. The molecule has 0 spiro atoms. The van der Waals surface area contributed by atoms with Gasteiger partial charge >= 0.3 is 0 Å². The molecule has 0 radical (unpaired) electrons. The third-order valence-corrected chi connectivity index (χ3v) is 2.09. The van der Waals surface area contributed by atoms with Crippen LogP contribution in [0.3, 0.4) is 0 Å². The summed E-state index contributed by atoms with van der Waals surface area (Å²) >= 11 is 0. The van der Waals surface area contributed by atoms with E-state index in [2.05, 4.69) is 4.98 Å². The quantitative estimate of drug-likeness (QED) is 0.812. The Morgan fingerprint density at radius 3 is 2.67 bits per heavy atom. The van der Waals surface area contributed by atoms with E-state index in [1.165, 1.54) is 12.1 Å². The molecule has 2 nitrogen and oxygen atoms in total. The second kappa shape index (κ2) is 4.19. The van der Waals surface area contributed by atoms with Crippen molar-refractivity contribution in [2.75, 3.05) is 0 Å². The fourth-order valence-corrected chi connectivity index (χ4v) is 1.38. The van der Waals surface area contributed by atoms with E-state index in [0.29, 0.717) is 17.0 Å². The molecule has 3 heteroatoms. The maximum absolute atomic E-state index is 13.0. The highest BCUT2D eigenvalue weighted by Gasteiger charge is 2.01. The minimum Gasteiger partial charge on any atom is -0.390 e. The topological polar surface area (TPSA) is 33.1 Å². The van der Waals surface area contributed by atoms with Gasteiger partial charge in [-0.25, -0.2) is 4.39 Å². The fraction of sp³-hybridized carbons (Fsp3) is 0.0833. The molecule has 0 saturated carbocycles. The van der Waals surface area contributed by atoms with Crippen molar-refractivity contribution in [1.29, 1.82) is 0 Å². The van der Waals surface area contributed by atoms with Crippen molar-refractivity contribution in [3.05, 3.63) is 54.0 Å². The number of hydrogen-bond donors (Lipinski definition) is 1. The molecule has 1 aromatic heterocycles. The molecule has 0 aliphatic carbocycles. The van der Waals surface area contributed by atoms with Gasteiger partial charge in [0, 0.05) is 5.56 Å². The summed E-state index contributed by atoms with van der Waals surface area (Å²) in [5.41, 5.74) is 1.96. The predicted octanol–water partition coefficient (Wildman–Crippen LogP) is 2.38. The molecular formula is C12H10FNO. The summed E-state index contributed by atoms with van der Waals surface area (Å²) in [4.78, 5) is 4.19. The summed E-state index contributed by atoms with van der Waals surface area (Å²) < 4.78 is 13.0. The lowest BCUT2D eigenvalue weighted by Gasteiger charge is -2.02. The van der Waals surface area contributed by atoms with E-state index in [1.807, 2.05) is 0 Å². The number of aliphatic hydroxyl groups is 1. The third kappa shape index (κ3) is 2.19. The summed E-state index contributed by atoms with van der Waals surface area (Å²) in [6, 6.07) is 11.5. The SMILES string of the molecule is OCc1cccc(-c2cccc(F)c2)n1. The number of pyridine rings is 1. The zero-order chi connectivity index (χ0) is 10.7. The molecule has 0 unspecified atom stereocenters. The van der Waals surface area contributed by atoms with Crippen LogP contribution in [0.1, 0.15) is 5.69 Å². The van der Waals surface area contributed by atoms with Crippen molar-refractivity contribution in [3.8, 4) is 11.3 Å². The molecule has 0 bridgehead atoms. The maximum atomic E-state index is 13.0. The monoisotopic (exact) mass is 203 g/mol. The predicted molar refractivity (Wildman–Crippen MR) is 55.6 cm³/mol. The molecule has 76 valence electrons. The molecule has 1 aromatic carbocycles. The Labute approximate surface area is 87.0 Å². The van der Waals surface area contributed by atoms with Crippen molar-refractivity contribution in [2.24, 2.45) is 0 Å². The lowest BCUT2D eigenvalue weighted by molar-refractivity contribution is 0.277. The minimum atomic E-state index is -0.288. The van der Waals surface area contributed by atoms with Gasteiger partial charge in [0.25, 0.3) is 0 Å². The molecule has 15 heavy (non-hydrogen) atoms. The van der Waals surface area contributed by atoms with Crippen LogP contribution in [0.4, 0.5) is 4.39 Å². The Morgan fingerprint density at radius 2 is 1.93 bits per heavy atom. The summed E-state index contributed by atoms with van der Waals surface area (Å²) in [5.74, 6) is -0.288. The van der Waals surface area contributed by atoms with Crippen molar-refractivity contribution in [1.82, 2.24) is 4.98 Å². The average Bonchev–Trinajstić information content (AvgIpc) is 2.29. The van der Waals surface area contributed by atoms with Crippen LogP contribution in [0.2, 0.25) is 0 Å². The van der Waals surface area contributed by atoms with Gasteiger partial charge in [0.05, 0.1) is 18.0 Å². The number of aromatic nitrogens is 1. The van der Waals surface area contributed by atoms with Crippen LogP contribution in [-0.2, 0) is 6.61 Å². The van der Waals surface area contributed by atoms with E-state index in [4.69, 9.17) is 5.11 Å². The fourth-order valence-electron chi connectivity index (χ4n) is 1.38. The first-order chi connectivity index (χ1) is 7.29. The summed E-state index contributed by atoms with van der Waals surface area (Å²) in [6.45, 7) is -0.108. The van der Waals surface area contributed by atoms with Gasteiger partial charge in [0.1, 0.15) is 5.82 Å². The van der Waals surface area contributed by atoms with Gasteiger partial charge in [0.15, 0.2) is 0 Å². The third-order valence-electron chi connectivity index (χ3n) is 2.09. The van der Waals surface area contributed by atoms with Crippen LogP contribution in [0, 0.1) is 5.82 Å². The number of nitrogens with zero attached hydrogens (tertiary/aromatic N) is 1. The van der Waals surface area contributed by atoms with Crippen molar-refractivity contribution >= 4 is 0 Å². The highest BCUT2D eigenvalue weighted by molar-refractivity contribution is 5.58. The molecule has 0 saturated heterocycles. The van der Waals surface area contributed by atoms with Gasteiger partial charge in [-0.3, -0.25) is 4.98 Å². The Hall–Kier alpha value is -1.74. The van der Waals surface area contributed by atoms with Crippen molar-refractivity contribution in [3.63, 3.8) is 0 Å². The van der Waals surface area contributed by atoms with Crippen LogP contribution in [0.15, 0.2) is 42.5 Å². The van der Waals surface area contributed by atoms with Crippen LogP contribution in [0.25, 0.3) is 11.3 Å². The van der Waals surface area contributed by atoms with E-state index in [1.54, 1.807) is 30.3 Å². The van der Waals surface area contributed by atoms with Crippen LogP contribution in [-0.4, -0.2) is 10.1 Å². The molecular weight excluding hydrogens is 193 g/mol. The molecule has 0 amide bonds. The molecule has 1 N–H and O–H groups in total. The van der Waals surface area contributed by atoms with Crippen LogP contribution in [0.5, 0.6) is 0 Å². The number of halogens is 1. The van der Waals surface area contributed by atoms with Gasteiger partial charge in [-0.2, -0.15) is 0 Å². The van der Waals surface area contributed by atoms with Crippen molar-refractivity contribution < 1.29 is 9.50 Å². The number of benzene rings is 1. The molecule has 2 aromatic rings. The minimum absolute atomic E-state index is 0.108. The maximum Gasteiger partial charge on any atom is 0.123 e. The molecule has 0 aliphatic rings. The highest BCUT2D eigenvalue weighted by Crippen LogP contribution is 2.17. The van der Waals surface area contributed by atoms with Gasteiger partial charge in [-0.05, 0) is 24.3 Å². The number of aliphatic hydroxyl groups excluding tert-OH is 1. The van der Waals surface area contributed by atoms with E-state index >= 15 is 0 Å². The standard InChI is InChI=1S/C12H10FNO/c13-10-4-1-3-9(7-10)12-6-2-5-11(8-15)14-12/h1-7,15H,8H2. The van der Waals surface area contributed by atoms with E-state index < -0.39 is 0 Å². The Kier molecular flexibility index (Phi) is 2.74. The summed E-state index contributed by atoms with van der Waals surface area (Å²) in [5, 5.41) is 8.93. The van der Waals surface area contributed by atoms with Gasteiger partial charge in [-0.15, -0.1) is 0 Å². The largest absolute Gasteiger partial charge is 0.390 e. The molecule has 2 rings (SSSR count). The zero-order valence-corrected chi connectivity index (χ0v) is 8.02. The molecule has 0 aliphatic heterocycles. The Bertz CT molecular complexity index is 471. The number of hydrogen-bond acceptors (Lipinski definition) is 2.